The van der Waals surface area contributed by atoms with Gasteiger partial charge in [0.2, 0.25) is 5.88 Å². The van der Waals surface area contributed by atoms with Crippen molar-refractivity contribution in [3.8, 4) is 11.6 Å². The maximum atomic E-state index is 12.8. The summed E-state index contributed by atoms with van der Waals surface area (Å²) in [4.78, 5) is 17.1. The number of halogens is 5. The highest BCUT2D eigenvalue weighted by Gasteiger charge is 2.32. The van der Waals surface area contributed by atoms with Crippen molar-refractivity contribution >= 4 is 45.6 Å². The van der Waals surface area contributed by atoms with Crippen LogP contribution in [0.2, 0.25) is 5.02 Å². The van der Waals surface area contributed by atoms with E-state index in [0.717, 1.165) is 11.8 Å². The first kappa shape index (κ1) is 22.0. The minimum atomic E-state index is -4.56. The molecule has 2 heterocycles. The molecule has 0 unspecified atom stereocenters. The Morgan fingerprint density at radius 1 is 1.09 bits per heavy atom. The van der Waals surface area contributed by atoms with Crippen LogP contribution in [0.25, 0.3) is 5.03 Å². The molecule has 164 valence electrons. The van der Waals surface area contributed by atoms with E-state index in [1.165, 1.54) is 0 Å². The Hall–Kier alpha value is -3.23. The zero-order chi connectivity index (χ0) is 23.0. The average molecular weight is 481 g/mol. The predicted molar refractivity (Wildman–Crippen MR) is 115 cm³/mol. The molecule has 1 aliphatic heterocycles. The number of anilines is 2. The number of rotatable bonds is 4. The number of aliphatic carboxylic acids is 1. The van der Waals surface area contributed by atoms with Crippen LogP contribution in [0.5, 0.6) is 11.6 Å². The molecule has 0 spiro atoms. The van der Waals surface area contributed by atoms with E-state index in [1.54, 1.807) is 41.3 Å². The molecule has 10 heteroatoms. The number of alkyl halides is 3. The minimum absolute atomic E-state index is 0.0532. The van der Waals surface area contributed by atoms with Gasteiger partial charge in [-0.3, -0.25) is 0 Å². The average Bonchev–Trinajstić information content (AvgIpc) is 2.75. The Kier molecular flexibility index (Phi) is 5.75. The monoisotopic (exact) mass is 480 g/mol. The van der Waals surface area contributed by atoms with Crippen molar-refractivity contribution in [3.63, 3.8) is 0 Å². The summed E-state index contributed by atoms with van der Waals surface area (Å²) in [7, 11) is 0. The van der Waals surface area contributed by atoms with Gasteiger partial charge in [0.05, 0.1) is 28.4 Å². The Bertz CT molecular complexity index is 1230. The van der Waals surface area contributed by atoms with Crippen molar-refractivity contribution in [1.29, 1.82) is 0 Å². The second-order valence-electron chi connectivity index (χ2n) is 6.81. The third-order valence-corrected chi connectivity index (χ3v) is 5.47. The fourth-order valence-electron chi connectivity index (χ4n) is 3.22. The highest BCUT2D eigenvalue weighted by Crippen LogP contribution is 2.41. The molecule has 32 heavy (non-hydrogen) atoms. The summed E-state index contributed by atoms with van der Waals surface area (Å²) in [6.45, 7) is 0.0532. The lowest BCUT2D eigenvalue weighted by atomic mass is 10.0. The van der Waals surface area contributed by atoms with Gasteiger partial charge in [0.15, 0.2) is 0 Å². The summed E-state index contributed by atoms with van der Waals surface area (Å²) < 4.78 is 43.8. The quantitative estimate of drug-likeness (QED) is 0.448. The lowest BCUT2D eigenvalue weighted by molar-refractivity contribution is -0.138. The third-order valence-electron chi connectivity index (χ3n) is 4.77. The zero-order valence-corrected chi connectivity index (χ0v) is 17.5. The molecule has 0 bridgehead atoms. The van der Waals surface area contributed by atoms with Crippen molar-refractivity contribution < 1.29 is 27.8 Å². The smallest absolute Gasteiger partial charge is 0.417 e. The number of nitrogens with zero attached hydrogens (tertiary/aromatic N) is 2. The van der Waals surface area contributed by atoms with Crippen LogP contribution < -0.4 is 9.64 Å². The van der Waals surface area contributed by atoms with Gasteiger partial charge in [-0.2, -0.15) is 13.2 Å². The van der Waals surface area contributed by atoms with Gasteiger partial charge in [0, 0.05) is 17.4 Å². The molecular formula is C22H13Cl2F3N2O3. The molecule has 0 saturated heterocycles. The van der Waals surface area contributed by atoms with Crippen LogP contribution in [0.15, 0.2) is 66.4 Å². The standard InChI is InChI=1S/C22H13Cl2F3N2O3/c23-17-9-12(22(25,26)27)10-28-20(17)32-14-7-5-13(6-8-14)29-11-16(21(30)31)19(24)15-3-1-2-4-18(15)29/h1-10H,11H2,(H,30,31). The summed E-state index contributed by atoms with van der Waals surface area (Å²) in [5.74, 6) is -0.990. The second-order valence-corrected chi connectivity index (χ2v) is 7.59. The van der Waals surface area contributed by atoms with Gasteiger partial charge in [-0.05, 0) is 36.4 Å². The van der Waals surface area contributed by atoms with Gasteiger partial charge in [0.25, 0.3) is 0 Å². The number of carboxylic acids is 1. The van der Waals surface area contributed by atoms with E-state index < -0.39 is 17.7 Å². The number of para-hydroxylation sites is 1. The SMILES string of the molecule is O=C(O)C1=C(Cl)c2ccccc2N(c2ccc(Oc3ncc(C(F)(F)F)cc3Cl)cc2)C1. The molecule has 0 aliphatic carbocycles. The number of pyridine rings is 1. The van der Waals surface area contributed by atoms with Crippen molar-refractivity contribution in [3.05, 3.63) is 82.5 Å². The van der Waals surface area contributed by atoms with E-state index >= 15 is 0 Å². The number of carboxylic acid groups (broad SMARTS) is 1. The lowest BCUT2D eigenvalue weighted by Gasteiger charge is -2.31. The fraction of sp³-hybridized carbons (Fsp3) is 0.0909. The summed E-state index contributed by atoms with van der Waals surface area (Å²) in [5, 5.41) is 9.43. The normalized spacial score (nSPS) is 13.7. The molecule has 0 saturated carbocycles. The number of ether oxygens (including phenoxy) is 1. The van der Waals surface area contributed by atoms with E-state index in [9.17, 15) is 23.1 Å². The number of carbonyl (C=O) groups is 1. The first-order valence-corrected chi connectivity index (χ1v) is 9.90. The molecule has 4 rings (SSSR count). The van der Waals surface area contributed by atoms with Gasteiger partial charge in [-0.15, -0.1) is 0 Å². The van der Waals surface area contributed by atoms with Crippen molar-refractivity contribution in [2.75, 3.05) is 11.4 Å². The summed E-state index contributed by atoms with van der Waals surface area (Å²) in [5.41, 5.74) is 1.09. The fourth-order valence-corrected chi connectivity index (χ4v) is 3.73. The van der Waals surface area contributed by atoms with Crippen LogP contribution in [0.1, 0.15) is 11.1 Å². The molecule has 0 radical (unpaired) electrons. The van der Waals surface area contributed by atoms with Crippen LogP contribution in [-0.4, -0.2) is 22.6 Å². The van der Waals surface area contributed by atoms with E-state index in [4.69, 9.17) is 27.9 Å². The van der Waals surface area contributed by atoms with Crippen LogP contribution in [-0.2, 0) is 11.0 Å². The molecule has 0 amide bonds. The van der Waals surface area contributed by atoms with Crippen molar-refractivity contribution in [2.45, 2.75) is 6.18 Å². The summed E-state index contributed by atoms with van der Waals surface area (Å²) in [6.07, 6.45) is -3.92. The highest BCUT2D eigenvalue weighted by atomic mass is 35.5. The Morgan fingerprint density at radius 3 is 2.41 bits per heavy atom. The van der Waals surface area contributed by atoms with Gasteiger partial charge in [-0.1, -0.05) is 41.4 Å². The van der Waals surface area contributed by atoms with E-state index in [-0.39, 0.29) is 28.1 Å². The van der Waals surface area contributed by atoms with Gasteiger partial charge < -0.3 is 14.7 Å². The maximum absolute atomic E-state index is 12.8. The molecule has 0 atom stereocenters. The molecular weight excluding hydrogens is 468 g/mol. The minimum Gasteiger partial charge on any atom is -0.478 e. The molecule has 2 aromatic carbocycles. The molecule has 1 N–H and O–H groups in total. The number of aromatic nitrogens is 1. The highest BCUT2D eigenvalue weighted by molar-refractivity contribution is 6.51. The second kappa shape index (κ2) is 8.37. The van der Waals surface area contributed by atoms with Gasteiger partial charge in [-0.25, -0.2) is 9.78 Å². The first-order chi connectivity index (χ1) is 15.1. The Morgan fingerprint density at radius 2 is 1.78 bits per heavy atom. The number of hydrogen-bond acceptors (Lipinski definition) is 4. The van der Waals surface area contributed by atoms with Crippen molar-refractivity contribution in [2.24, 2.45) is 0 Å². The summed E-state index contributed by atoms with van der Waals surface area (Å²) in [6, 6.07) is 14.4. The first-order valence-electron chi connectivity index (χ1n) is 9.14. The van der Waals surface area contributed by atoms with Crippen LogP contribution in [0.4, 0.5) is 24.5 Å². The van der Waals surface area contributed by atoms with E-state index in [2.05, 4.69) is 4.98 Å². The molecule has 1 aromatic heterocycles. The molecule has 0 fully saturated rings. The molecule has 5 nitrogen and oxygen atoms in total. The zero-order valence-electron chi connectivity index (χ0n) is 16.0. The van der Waals surface area contributed by atoms with Gasteiger partial charge in [0.1, 0.15) is 10.8 Å². The third kappa shape index (κ3) is 4.24. The van der Waals surface area contributed by atoms with E-state index in [0.29, 0.717) is 23.2 Å². The predicted octanol–water partition coefficient (Wildman–Crippen LogP) is 6.73. The van der Waals surface area contributed by atoms with Crippen LogP contribution in [0.3, 0.4) is 0 Å². The topological polar surface area (TPSA) is 62.7 Å². The van der Waals surface area contributed by atoms with Gasteiger partial charge >= 0.3 is 12.1 Å². The molecule has 1 aliphatic rings. The number of hydrogen-bond donors (Lipinski definition) is 1. The lowest BCUT2D eigenvalue weighted by Crippen LogP contribution is -2.28. The largest absolute Gasteiger partial charge is 0.478 e. The van der Waals surface area contributed by atoms with E-state index in [1.807, 2.05) is 12.1 Å². The summed E-state index contributed by atoms with van der Waals surface area (Å²) >= 11 is 12.2. The van der Waals surface area contributed by atoms with Crippen LogP contribution in [0, 0.1) is 0 Å². The molecule has 3 aromatic rings. The maximum Gasteiger partial charge on any atom is 0.417 e. The number of benzene rings is 2. The Balaban J connectivity index is 1.60. The number of fused-ring (bicyclic) bond motifs is 1. The van der Waals surface area contributed by atoms with Crippen LogP contribution >= 0.6 is 23.2 Å². The Labute approximate surface area is 190 Å². The van der Waals surface area contributed by atoms with Crippen molar-refractivity contribution in [1.82, 2.24) is 4.98 Å².